The molecule has 0 atom stereocenters. The average molecular weight is 488 g/mol. The maximum Gasteiger partial charge on any atom is 0.0544 e. The van der Waals surface area contributed by atoms with E-state index in [0.717, 1.165) is 62.0 Å². The molecule has 0 unspecified atom stereocenters. The van der Waals surface area contributed by atoms with Gasteiger partial charge in [0.1, 0.15) is 0 Å². The second kappa shape index (κ2) is 13.6. The van der Waals surface area contributed by atoms with Gasteiger partial charge in [-0.25, -0.2) is 0 Å². The normalized spacial score (nSPS) is 10.8. The predicted molar refractivity (Wildman–Crippen MR) is 125 cm³/mol. The summed E-state index contributed by atoms with van der Waals surface area (Å²) in [6.07, 6.45) is 7.40. The van der Waals surface area contributed by atoms with Gasteiger partial charge >= 0.3 is 0 Å². The summed E-state index contributed by atoms with van der Waals surface area (Å²) in [5.41, 5.74) is 4.24. The SMILES string of the molecule is [64Cu].c1ccc(CN(CCN(Cc2ccccn2)Cc2ccccn2)Cc2ccccn2)nc1. The van der Waals surface area contributed by atoms with E-state index in [2.05, 4.69) is 54.0 Å². The fourth-order valence-electron chi connectivity index (χ4n) is 3.59. The van der Waals surface area contributed by atoms with E-state index in [4.69, 9.17) is 0 Å². The second-order valence-electron chi connectivity index (χ2n) is 7.71. The van der Waals surface area contributed by atoms with E-state index >= 15 is 0 Å². The Labute approximate surface area is 206 Å². The number of hydrogen-bond donors (Lipinski definition) is 0. The first-order valence-electron chi connectivity index (χ1n) is 10.9. The largest absolute Gasteiger partial charge is 0.290 e. The van der Waals surface area contributed by atoms with Gasteiger partial charge in [0, 0.05) is 81.1 Å². The average Bonchev–Trinajstić information content (AvgIpc) is 2.85. The summed E-state index contributed by atoms with van der Waals surface area (Å²) in [6, 6.07) is 24.3. The van der Waals surface area contributed by atoms with Crippen LogP contribution in [0, 0.1) is 0 Å². The Morgan fingerprint density at radius 3 is 0.909 bits per heavy atom. The molecule has 6 nitrogen and oxygen atoms in total. The van der Waals surface area contributed by atoms with Gasteiger partial charge in [-0.15, -0.1) is 0 Å². The molecule has 0 aliphatic rings. The minimum atomic E-state index is 0. The third kappa shape index (κ3) is 8.48. The number of aromatic nitrogens is 4. The number of rotatable bonds is 11. The number of pyridine rings is 4. The number of nitrogens with zero attached hydrogens (tertiary/aromatic N) is 6. The van der Waals surface area contributed by atoms with Crippen molar-refractivity contribution in [1.29, 1.82) is 0 Å². The maximum absolute atomic E-state index is 4.53. The molecule has 173 valence electrons. The van der Waals surface area contributed by atoms with Crippen molar-refractivity contribution in [3.63, 3.8) is 0 Å². The molecule has 4 aromatic rings. The van der Waals surface area contributed by atoms with Crippen molar-refractivity contribution in [3.05, 3.63) is 120 Å². The van der Waals surface area contributed by atoms with Gasteiger partial charge in [-0.1, -0.05) is 24.3 Å². The zero-order chi connectivity index (χ0) is 21.8. The summed E-state index contributed by atoms with van der Waals surface area (Å²) in [5.74, 6) is 0. The van der Waals surface area contributed by atoms with Crippen LogP contribution >= 0.6 is 0 Å². The fraction of sp³-hybridized carbons (Fsp3) is 0.231. The Morgan fingerprint density at radius 2 is 0.697 bits per heavy atom. The van der Waals surface area contributed by atoms with Crippen LogP contribution in [0.25, 0.3) is 0 Å². The van der Waals surface area contributed by atoms with Crippen molar-refractivity contribution < 1.29 is 17.1 Å². The van der Waals surface area contributed by atoms with Crippen LogP contribution in [-0.2, 0) is 43.2 Å². The van der Waals surface area contributed by atoms with Gasteiger partial charge in [0.2, 0.25) is 0 Å². The van der Waals surface area contributed by atoms with E-state index in [0.29, 0.717) is 0 Å². The molecule has 1 radical (unpaired) electrons. The molecular weight excluding hydrogens is 460 g/mol. The maximum atomic E-state index is 4.53. The standard InChI is InChI=1S/C26H28N6.Cu/c1-5-13-27-23(9-1)19-31(20-24-10-2-6-14-28-24)17-18-32(21-25-11-3-7-15-29-25)22-26-12-4-8-16-30-26;/h1-16H,17-22H2;/i;1+0. The van der Waals surface area contributed by atoms with Gasteiger partial charge < -0.3 is 0 Å². The molecule has 4 aromatic heterocycles. The Balaban J connectivity index is 0.00000306. The summed E-state index contributed by atoms with van der Waals surface area (Å²) in [6.45, 7) is 4.87. The smallest absolute Gasteiger partial charge is 0.0544 e. The van der Waals surface area contributed by atoms with E-state index in [-0.39, 0.29) is 17.1 Å². The molecule has 0 amide bonds. The summed E-state index contributed by atoms with van der Waals surface area (Å²) < 4.78 is 0. The van der Waals surface area contributed by atoms with Crippen molar-refractivity contribution >= 4 is 0 Å². The Kier molecular flexibility index (Phi) is 10.1. The van der Waals surface area contributed by atoms with Crippen LogP contribution in [0.5, 0.6) is 0 Å². The molecule has 0 saturated heterocycles. The molecule has 0 bridgehead atoms. The third-order valence-electron chi connectivity index (χ3n) is 5.18. The fourth-order valence-corrected chi connectivity index (χ4v) is 3.59. The molecule has 0 aliphatic heterocycles. The van der Waals surface area contributed by atoms with Crippen LogP contribution in [0.1, 0.15) is 22.8 Å². The molecule has 0 aromatic carbocycles. The molecule has 0 aliphatic carbocycles. The van der Waals surface area contributed by atoms with Gasteiger partial charge in [0.25, 0.3) is 0 Å². The van der Waals surface area contributed by atoms with Crippen molar-refractivity contribution in [3.8, 4) is 0 Å². The summed E-state index contributed by atoms with van der Waals surface area (Å²) in [4.78, 5) is 22.9. The first-order chi connectivity index (χ1) is 15.8. The topological polar surface area (TPSA) is 58.0 Å². The minimum absolute atomic E-state index is 0. The van der Waals surface area contributed by atoms with Gasteiger partial charge in [-0.2, -0.15) is 0 Å². The van der Waals surface area contributed by atoms with Crippen LogP contribution < -0.4 is 0 Å². The second-order valence-corrected chi connectivity index (χ2v) is 7.71. The van der Waals surface area contributed by atoms with Crippen molar-refractivity contribution in [2.45, 2.75) is 26.2 Å². The van der Waals surface area contributed by atoms with E-state index in [1.807, 2.05) is 73.3 Å². The van der Waals surface area contributed by atoms with E-state index in [1.165, 1.54) is 0 Å². The third-order valence-corrected chi connectivity index (χ3v) is 5.18. The predicted octanol–water partition coefficient (Wildman–Crippen LogP) is 3.97. The van der Waals surface area contributed by atoms with Crippen molar-refractivity contribution in [1.82, 2.24) is 29.7 Å². The van der Waals surface area contributed by atoms with Crippen LogP contribution in [-0.4, -0.2) is 42.8 Å². The van der Waals surface area contributed by atoms with Crippen molar-refractivity contribution in [2.75, 3.05) is 13.1 Å². The molecule has 7 heteroatoms. The molecular formula is C26H28CuN6. The van der Waals surface area contributed by atoms with Gasteiger partial charge in [-0.05, 0) is 48.5 Å². The zero-order valence-electron chi connectivity index (χ0n) is 18.5. The van der Waals surface area contributed by atoms with Crippen LogP contribution in [0.15, 0.2) is 97.6 Å². The quantitative estimate of drug-likeness (QED) is 0.298. The minimum Gasteiger partial charge on any atom is -0.290 e. The Hall–Kier alpha value is -2.96. The van der Waals surface area contributed by atoms with Crippen molar-refractivity contribution in [2.24, 2.45) is 0 Å². The molecule has 33 heavy (non-hydrogen) atoms. The van der Waals surface area contributed by atoms with Crippen LogP contribution in [0.4, 0.5) is 0 Å². The molecule has 0 saturated carbocycles. The van der Waals surface area contributed by atoms with E-state index in [1.54, 1.807) is 0 Å². The summed E-state index contributed by atoms with van der Waals surface area (Å²) in [5, 5.41) is 0. The van der Waals surface area contributed by atoms with Gasteiger partial charge in [0.05, 0.1) is 22.8 Å². The first kappa shape index (κ1) is 24.7. The monoisotopic (exact) mass is 488 g/mol. The molecule has 0 fully saturated rings. The molecule has 4 rings (SSSR count). The Bertz CT molecular complexity index is 865. The summed E-state index contributed by atoms with van der Waals surface area (Å²) >= 11 is 0. The Morgan fingerprint density at radius 1 is 0.424 bits per heavy atom. The van der Waals surface area contributed by atoms with Gasteiger partial charge in [-0.3, -0.25) is 29.7 Å². The van der Waals surface area contributed by atoms with Crippen LogP contribution in [0.3, 0.4) is 0 Å². The summed E-state index contributed by atoms with van der Waals surface area (Å²) in [7, 11) is 0. The van der Waals surface area contributed by atoms with E-state index in [9.17, 15) is 0 Å². The molecule has 4 heterocycles. The van der Waals surface area contributed by atoms with Crippen LogP contribution in [0.2, 0.25) is 0 Å². The number of hydrogen-bond acceptors (Lipinski definition) is 6. The molecule has 0 N–H and O–H groups in total. The van der Waals surface area contributed by atoms with E-state index < -0.39 is 0 Å². The first-order valence-corrected chi connectivity index (χ1v) is 10.9. The molecule has 0 spiro atoms. The van der Waals surface area contributed by atoms with Gasteiger partial charge in [0.15, 0.2) is 0 Å². The zero-order valence-corrected chi connectivity index (χ0v) is 19.4.